The average molecular weight is 525 g/mol. The van der Waals surface area contributed by atoms with E-state index in [-0.39, 0.29) is 27.0 Å². The molecular weight excluding hydrogens is 508 g/mol. The third-order valence-electron chi connectivity index (χ3n) is 4.77. The molecule has 15 heteroatoms. The Hall–Kier alpha value is -3.36. The Bertz CT molecular complexity index is 1570. The fraction of sp³-hybridized carbons (Fsp3) is 0.211. The van der Waals surface area contributed by atoms with Gasteiger partial charge >= 0.3 is 5.69 Å². The van der Waals surface area contributed by atoms with Crippen LogP contribution in [0.25, 0.3) is 16.9 Å². The highest BCUT2D eigenvalue weighted by Crippen LogP contribution is 2.37. The summed E-state index contributed by atoms with van der Waals surface area (Å²) in [5.74, 6) is -1.75. The number of alkyl halides is 1. The summed E-state index contributed by atoms with van der Waals surface area (Å²) in [7, 11) is -1.27. The van der Waals surface area contributed by atoms with E-state index in [0.717, 1.165) is 18.0 Å². The number of thioether (sulfide) groups is 1. The van der Waals surface area contributed by atoms with E-state index in [0.29, 0.717) is 22.2 Å². The number of amides is 1. The zero-order chi connectivity index (χ0) is 24.6. The number of methoxy groups -OCH3 is 1. The van der Waals surface area contributed by atoms with Gasteiger partial charge < -0.3 is 15.0 Å². The predicted octanol–water partition coefficient (Wildman–Crippen LogP) is 1.12. The lowest BCUT2D eigenvalue weighted by atomic mass is 10.2. The van der Waals surface area contributed by atoms with E-state index in [1.807, 2.05) is 4.72 Å². The number of anilines is 1. The highest BCUT2D eigenvalue weighted by atomic mass is 35.5. The lowest BCUT2D eigenvalue weighted by Gasteiger charge is -2.11. The second-order valence-electron chi connectivity index (χ2n) is 6.90. The number of allylic oxidation sites excluding steroid dienone is 1. The molecule has 34 heavy (non-hydrogen) atoms. The number of aromatic nitrogens is 4. The minimum Gasteiger partial charge on any atom is -0.480 e. The number of nitrogens with zero attached hydrogens (tertiary/aromatic N) is 3. The van der Waals surface area contributed by atoms with Crippen LogP contribution in [0.1, 0.15) is 16.8 Å². The van der Waals surface area contributed by atoms with Crippen LogP contribution in [0.15, 0.2) is 44.3 Å². The van der Waals surface area contributed by atoms with E-state index < -0.39 is 31.9 Å². The number of fused-ring (bicyclic) bond motifs is 1. The first-order valence-electron chi connectivity index (χ1n) is 9.61. The third-order valence-corrected chi connectivity index (χ3v) is 8.16. The van der Waals surface area contributed by atoms with Gasteiger partial charge in [0, 0.05) is 18.9 Å². The smallest absolute Gasteiger partial charge is 0.335 e. The van der Waals surface area contributed by atoms with Crippen molar-refractivity contribution in [3.05, 3.63) is 61.1 Å². The largest absolute Gasteiger partial charge is 0.480 e. The molecule has 0 saturated heterocycles. The van der Waals surface area contributed by atoms with Crippen LogP contribution < -0.4 is 26.0 Å². The summed E-state index contributed by atoms with van der Waals surface area (Å²) in [5, 5.41) is 3.11. The number of ether oxygens (including phenoxy) is 1. The highest BCUT2D eigenvalue weighted by molar-refractivity contribution is 8.19. The summed E-state index contributed by atoms with van der Waals surface area (Å²) in [6.07, 6.45) is 2.71. The van der Waals surface area contributed by atoms with E-state index in [2.05, 4.69) is 20.3 Å². The van der Waals surface area contributed by atoms with Gasteiger partial charge in [0.25, 0.3) is 21.5 Å². The van der Waals surface area contributed by atoms with Gasteiger partial charge in [0.05, 0.1) is 22.7 Å². The van der Waals surface area contributed by atoms with Gasteiger partial charge in [-0.05, 0) is 24.6 Å². The molecule has 1 aliphatic heterocycles. The van der Waals surface area contributed by atoms with Crippen LogP contribution in [0.4, 0.5) is 5.69 Å². The molecule has 3 aromatic rings. The number of carbonyl (C=O) groups excluding carboxylic acids is 1. The average Bonchev–Trinajstić information content (AvgIpc) is 3.25. The van der Waals surface area contributed by atoms with Crippen molar-refractivity contribution in [2.75, 3.05) is 19.5 Å². The Morgan fingerprint density at radius 2 is 2.12 bits per heavy atom. The summed E-state index contributed by atoms with van der Waals surface area (Å²) < 4.78 is 32.1. The summed E-state index contributed by atoms with van der Waals surface area (Å²) in [6, 6.07) is 4.79. The molecule has 12 nitrogen and oxygen atoms in total. The van der Waals surface area contributed by atoms with Crippen LogP contribution in [0.3, 0.4) is 0 Å². The second-order valence-corrected chi connectivity index (χ2v) is 10.8. The molecule has 4 rings (SSSR count). The lowest BCUT2D eigenvalue weighted by Crippen LogP contribution is -2.35. The van der Waals surface area contributed by atoms with Gasteiger partial charge in [0.1, 0.15) is 9.80 Å². The maximum absolute atomic E-state index is 13.0. The van der Waals surface area contributed by atoms with Crippen molar-refractivity contribution < 1.29 is 17.9 Å². The van der Waals surface area contributed by atoms with Gasteiger partial charge in [0.15, 0.2) is 0 Å². The van der Waals surface area contributed by atoms with Crippen molar-refractivity contribution in [2.45, 2.75) is 11.1 Å². The van der Waals surface area contributed by atoms with E-state index in [9.17, 15) is 22.8 Å². The Morgan fingerprint density at radius 3 is 2.76 bits per heavy atom. The Kier molecular flexibility index (Phi) is 6.38. The first-order valence-corrected chi connectivity index (χ1v) is 12.4. The van der Waals surface area contributed by atoms with Crippen molar-refractivity contribution in [2.24, 2.45) is 0 Å². The molecule has 1 unspecified atom stereocenters. The number of halogens is 1. The fourth-order valence-corrected chi connectivity index (χ4v) is 6.07. The molecule has 0 fully saturated rings. The fourth-order valence-electron chi connectivity index (χ4n) is 3.14. The minimum atomic E-state index is -4.16. The minimum absolute atomic E-state index is 0.0759. The Labute approximate surface area is 201 Å². The van der Waals surface area contributed by atoms with Gasteiger partial charge in [-0.15, -0.1) is 11.6 Å². The molecule has 0 radical (unpaired) electrons. The topological polar surface area (TPSA) is 165 Å². The quantitative estimate of drug-likeness (QED) is 0.398. The molecule has 0 aliphatic carbocycles. The van der Waals surface area contributed by atoms with Gasteiger partial charge in [0.2, 0.25) is 11.8 Å². The number of rotatable bonds is 6. The molecule has 1 atom stereocenters. The first kappa shape index (κ1) is 23.8. The Morgan fingerprint density at radius 1 is 1.35 bits per heavy atom. The number of aromatic amines is 1. The summed E-state index contributed by atoms with van der Waals surface area (Å²) >= 11 is 6.81. The van der Waals surface area contributed by atoms with E-state index in [1.165, 1.54) is 19.3 Å². The zero-order valence-electron chi connectivity index (χ0n) is 17.7. The number of sulfonamides is 1. The molecule has 0 spiro atoms. The molecule has 3 N–H and O–H groups in total. The zero-order valence-corrected chi connectivity index (χ0v) is 20.0. The molecule has 1 amide bonds. The summed E-state index contributed by atoms with van der Waals surface area (Å²) in [4.78, 5) is 48.7. The van der Waals surface area contributed by atoms with Gasteiger partial charge in [-0.2, -0.15) is 9.55 Å². The molecule has 2 aromatic heterocycles. The molecule has 0 saturated carbocycles. The molecular formula is C19H17ClN6O6S2. The van der Waals surface area contributed by atoms with E-state index in [1.54, 1.807) is 19.2 Å². The SMILES string of the molecule is CNc1ccc2c(=O)n(-c3ncc(C(=O)NS(=O)(=O)C4=CCC(Cl)S4)c(OC)n3)c(=O)[nH]c2c1. The number of hydrogen-bond donors (Lipinski definition) is 3. The van der Waals surface area contributed by atoms with Crippen LogP contribution in [-0.2, 0) is 10.0 Å². The standard InChI is InChI=1S/C19H17ClN6O6S2/c1-21-9-3-4-10-12(7-9)23-19(29)26(17(10)28)18-22-8-11(16(24-18)32-2)15(27)25-34(30,31)14-6-5-13(20)33-14/h3-4,6-8,13,21H,5H2,1-2H3,(H,23,29)(H,25,27). The van der Waals surface area contributed by atoms with Crippen molar-refractivity contribution in [1.29, 1.82) is 0 Å². The number of benzene rings is 1. The van der Waals surface area contributed by atoms with Crippen LogP contribution in [-0.4, -0.2) is 52.7 Å². The lowest BCUT2D eigenvalue weighted by molar-refractivity contribution is 0.0977. The van der Waals surface area contributed by atoms with E-state index in [4.69, 9.17) is 16.3 Å². The second kappa shape index (κ2) is 9.12. The van der Waals surface area contributed by atoms with Crippen LogP contribution in [0, 0.1) is 0 Å². The monoisotopic (exact) mass is 524 g/mol. The highest BCUT2D eigenvalue weighted by Gasteiger charge is 2.29. The maximum Gasteiger partial charge on any atom is 0.335 e. The number of carbonyl (C=O) groups is 1. The van der Waals surface area contributed by atoms with Crippen LogP contribution in [0.5, 0.6) is 5.88 Å². The molecule has 1 aromatic carbocycles. The van der Waals surface area contributed by atoms with Crippen molar-refractivity contribution >= 4 is 55.9 Å². The predicted molar refractivity (Wildman–Crippen MR) is 128 cm³/mol. The maximum atomic E-state index is 13.0. The molecule has 0 bridgehead atoms. The van der Waals surface area contributed by atoms with Crippen LogP contribution in [0.2, 0.25) is 0 Å². The van der Waals surface area contributed by atoms with Gasteiger partial charge in [-0.25, -0.2) is 22.9 Å². The Balaban J connectivity index is 1.72. The third kappa shape index (κ3) is 4.38. The van der Waals surface area contributed by atoms with Crippen molar-refractivity contribution in [3.63, 3.8) is 0 Å². The van der Waals surface area contributed by atoms with Crippen LogP contribution >= 0.6 is 23.4 Å². The molecule has 3 heterocycles. The normalized spacial score (nSPS) is 15.7. The number of nitrogens with one attached hydrogen (secondary N) is 3. The van der Waals surface area contributed by atoms with Gasteiger partial charge in [-0.3, -0.25) is 9.59 Å². The van der Waals surface area contributed by atoms with E-state index >= 15 is 0 Å². The number of H-pyrrole nitrogens is 1. The molecule has 178 valence electrons. The van der Waals surface area contributed by atoms with Crippen molar-refractivity contribution in [1.82, 2.24) is 24.2 Å². The van der Waals surface area contributed by atoms with Crippen molar-refractivity contribution in [3.8, 4) is 11.8 Å². The number of hydrogen-bond acceptors (Lipinski definition) is 10. The molecule has 1 aliphatic rings. The summed E-state index contributed by atoms with van der Waals surface area (Å²) in [5.41, 5.74) is -0.816. The summed E-state index contributed by atoms with van der Waals surface area (Å²) in [6.45, 7) is 0. The first-order chi connectivity index (χ1) is 16.1. The van der Waals surface area contributed by atoms with Gasteiger partial charge in [-0.1, -0.05) is 17.8 Å².